The number of unbranched alkanes of at least 4 members (excludes halogenated alkanes) is 2. The average molecular weight is 1580 g/mol. The van der Waals surface area contributed by atoms with Gasteiger partial charge in [0.15, 0.2) is 0 Å². The molecule has 111 heavy (non-hydrogen) atoms. The van der Waals surface area contributed by atoms with E-state index in [-0.39, 0.29) is 42.4 Å². The van der Waals surface area contributed by atoms with E-state index in [0.717, 1.165) is 24.1 Å². The van der Waals surface area contributed by atoms with Crippen molar-refractivity contribution in [2.45, 2.75) is 183 Å². The molecule has 34 heteroatoms. The van der Waals surface area contributed by atoms with Gasteiger partial charge < -0.3 is 106 Å². The van der Waals surface area contributed by atoms with Crippen molar-refractivity contribution in [3.63, 3.8) is 0 Å². The lowest BCUT2D eigenvalue weighted by atomic mass is 9.84. The molecule has 1 aromatic carbocycles. The number of carboxylic acids is 1. The maximum atomic E-state index is 13.3. The van der Waals surface area contributed by atoms with Crippen LogP contribution in [0.25, 0.3) is 5.69 Å². The fourth-order valence-corrected chi connectivity index (χ4v) is 10.0. The van der Waals surface area contributed by atoms with Crippen LogP contribution in [-0.2, 0) is 124 Å². The molecular weight excluding hydrogens is 1450 g/mol. The highest BCUT2D eigenvalue weighted by molar-refractivity contribution is 5.95. The number of aliphatic carboxylic acids is 1. The number of nitrogens with zero attached hydrogens (tertiary/aromatic N) is 6. The summed E-state index contributed by atoms with van der Waals surface area (Å²) in [5.74, 6) is -1.99. The van der Waals surface area contributed by atoms with Crippen molar-refractivity contribution in [3.8, 4) is 5.69 Å². The first kappa shape index (κ1) is 98.9. The summed E-state index contributed by atoms with van der Waals surface area (Å²) in [4.78, 5) is 74.6. The largest absolute Gasteiger partial charge is 0.481 e. The second kappa shape index (κ2) is 62.1. The van der Waals surface area contributed by atoms with Crippen molar-refractivity contribution < 1.29 is 119 Å². The zero-order valence-electron chi connectivity index (χ0n) is 68.0. The lowest BCUT2D eigenvalue weighted by Gasteiger charge is -2.32. The number of Topliss-reactive ketones (excluding diaryl/α,β-unsaturated/α-hetero) is 1. The van der Waals surface area contributed by atoms with Gasteiger partial charge in [0, 0.05) is 57.0 Å². The Labute approximate surface area is 656 Å². The fourth-order valence-electron chi connectivity index (χ4n) is 10.0. The number of ether oxygens (including phenoxy) is 18. The minimum absolute atomic E-state index is 0.0357. The Morgan fingerprint density at radius 2 is 0.901 bits per heavy atom. The molecule has 0 bridgehead atoms. The first-order valence-corrected chi connectivity index (χ1v) is 39.1. The number of urea groups is 1. The van der Waals surface area contributed by atoms with Crippen molar-refractivity contribution in [2.24, 2.45) is 5.41 Å². The highest BCUT2D eigenvalue weighted by Crippen LogP contribution is 2.24. The Morgan fingerprint density at radius 3 is 1.38 bits per heavy atom. The highest BCUT2D eigenvalue weighted by Gasteiger charge is 2.31. The molecule has 636 valence electrons. The zero-order valence-corrected chi connectivity index (χ0v) is 68.0. The third-order valence-electron chi connectivity index (χ3n) is 15.6. The molecule has 2 heterocycles. The van der Waals surface area contributed by atoms with E-state index >= 15 is 0 Å². The summed E-state index contributed by atoms with van der Waals surface area (Å²) in [5, 5.41) is 34.3. The molecule has 0 saturated heterocycles. The molecule has 3 aromatic rings. The molecule has 34 nitrogen and oxygen atoms in total. The van der Waals surface area contributed by atoms with Gasteiger partial charge in [0.1, 0.15) is 28.7 Å². The predicted molar refractivity (Wildman–Crippen MR) is 408 cm³/mol. The Balaban J connectivity index is 0.962. The lowest BCUT2D eigenvalue weighted by molar-refractivity contribution is -0.158. The van der Waals surface area contributed by atoms with Crippen molar-refractivity contribution in [3.05, 3.63) is 53.1 Å². The van der Waals surface area contributed by atoms with Crippen LogP contribution in [0, 0.1) is 12.3 Å². The van der Waals surface area contributed by atoms with Gasteiger partial charge in [-0.25, -0.2) is 14.3 Å². The van der Waals surface area contributed by atoms with Gasteiger partial charge in [-0.2, -0.15) is 0 Å². The smallest absolute Gasteiger partial charge is 0.329 e. The van der Waals surface area contributed by atoms with Gasteiger partial charge in [-0.15, -0.1) is 10.2 Å². The summed E-state index contributed by atoms with van der Waals surface area (Å²) in [6, 6.07) is 3.71. The number of carbonyl (C=O) groups is 6. The number of ketones is 1. The van der Waals surface area contributed by atoms with E-state index in [1.807, 2.05) is 40.0 Å². The third-order valence-corrected chi connectivity index (χ3v) is 15.6. The molecule has 0 unspecified atom stereocenters. The number of nitrogens with one attached hydrogen (secondary N) is 3. The van der Waals surface area contributed by atoms with Crippen LogP contribution >= 0.6 is 0 Å². The Kier molecular flexibility index (Phi) is 55.3. The SMILES string of the molecule is Cc1cc(C(=O)NCCOCCOCCOCCOCCOCCOCCOCCOCCC(=O)CCCOCCOCCOCCOCCOCCOCCOCCOCc2cn(CCCC[C@H](NC(=O)N[C@@H](CCC(=O)OC(C)(C)C)C(=O)OC(C)(C)C)C(C)(C)C)nn2)cc(-n2cc(CCCCC(=O)O)nn2)c1. The van der Waals surface area contributed by atoms with Crippen LogP contribution in [0.1, 0.15) is 160 Å². The molecule has 0 radical (unpaired) electrons. The van der Waals surface area contributed by atoms with Gasteiger partial charge in [-0.1, -0.05) is 31.2 Å². The summed E-state index contributed by atoms with van der Waals surface area (Å²) < 4.78 is 103. The van der Waals surface area contributed by atoms with Crippen LogP contribution < -0.4 is 16.0 Å². The van der Waals surface area contributed by atoms with E-state index in [0.29, 0.717) is 286 Å². The van der Waals surface area contributed by atoms with Crippen molar-refractivity contribution in [1.29, 1.82) is 0 Å². The fraction of sp³-hybridized carbons (Fsp3) is 0.792. The molecule has 0 fully saturated rings. The van der Waals surface area contributed by atoms with E-state index in [1.54, 1.807) is 69.2 Å². The van der Waals surface area contributed by atoms with E-state index in [2.05, 4.69) is 36.6 Å². The molecule has 0 aliphatic carbocycles. The highest BCUT2D eigenvalue weighted by atomic mass is 16.6. The van der Waals surface area contributed by atoms with Crippen LogP contribution in [0.5, 0.6) is 0 Å². The van der Waals surface area contributed by atoms with E-state index in [1.165, 1.54) is 0 Å². The molecule has 0 saturated carbocycles. The Bertz CT molecular complexity index is 2910. The van der Waals surface area contributed by atoms with Crippen LogP contribution in [0.15, 0.2) is 30.6 Å². The number of esters is 2. The third kappa shape index (κ3) is 56.5. The van der Waals surface area contributed by atoms with Crippen LogP contribution in [-0.4, -0.2) is 305 Å². The molecule has 4 N–H and O–H groups in total. The van der Waals surface area contributed by atoms with Crippen LogP contribution in [0.3, 0.4) is 0 Å². The Morgan fingerprint density at radius 1 is 0.441 bits per heavy atom. The standard InChI is InChI=1S/C77H133N9O25/c1-62-56-63(58-66(57-62)86-60-64(81-84-86)16-11-12-19-70(88)89)72(91)78-23-27-96-30-33-99-36-39-102-42-45-105-47-46-104-44-41-101-38-35-98-32-29-95-26-22-67(87)17-15-25-94-28-31-97-34-37-100-40-43-103-48-49-106-50-51-107-52-53-108-54-55-109-61-65-59-85(83-82-65)24-14-13-18-69(75(2,3)4)80-74(93)79-68(73(92)111-77(8,9)10)20-21-71(90)110-76(5,6)7/h56-60,68-69H,11-55,61H2,1-10H3,(H,78,91)(H,88,89)(H2,79,80,93)/t68-,69-/m0/s1. The van der Waals surface area contributed by atoms with Crippen molar-refractivity contribution >= 4 is 35.6 Å². The number of rotatable bonds is 72. The van der Waals surface area contributed by atoms with Crippen LogP contribution in [0.2, 0.25) is 0 Å². The van der Waals surface area contributed by atoms with E-state index in [9.17, 15) is 28.8 Å². The van der Waals surface area contributed by atoms with Crippen molar-refractivity contribution in [1.82, 2.24) is 45.9 Å². The Hall–Kier alpha value is -6.32. The van der Waals surface area contributed by atoms with Crippen molar-refractivity contribution in [2.75, 3.05) is 211 Å². The normalized spacial score (nSPS) is 12.5. The lowest BCUT2D eigenvalue weighted by Crippen LogP contribution is -2.53. The zero-order chi connectivity index (χ0) is 80.9. The predicted octanol–water partition coefficient (Wildman–Crippen LogP) is 6.62. The number of benzene rings is 1. The van der Waals surface area contributed by atoms with E-state index in [4.69, 9.17) is 90.4 Å². The first-order chi connectivity index (χ1) is 53.4. The number of carboxylic acid groups (broad SMARTS) is 1. The summed E-state index contributed by atoms with van der Waals surface area (Å²) in [6.07, 6.45) is 9.35. The number of hydrogen-bond donors (Lipinski definition) is 4. The topological polar surface area (TPSA) is 386 Å². The number of aryl methyl sites for hydroxylation is 3. The number of amides is 3. The molecule has 2 aromatic heterocycles. The van der Waals surface area contributed by atoms with Gasteiger partial charge in [-0.3, -0.25) is 23.9 Å². The molecule has 0 aliphatic rings. The number of aromatic nitrogens is 6. The minimum atomic E-state index is -1.04. The first-order valence-electron chi connectivity index (χ1n) is 39.1. The minimum Gasteiger partial charge on any atom is -0.481 e. The average Bonchev–Trinajstić information content (AvgIpc) is 1.70. The summed E-state index contributed by atoms with van der Waals surface area (Å²) in [6.45, 7) is 33.0. The van der Waals surface area contributed by atoms with E-state index < -0.39 is 41.2 Å². The van der Waals surface area contributed by atoms with Gasteiger partial charge in [0.25, 0.3) is 5.91 Å². The van der Waals surface area contributed by atoms with Gasteiger partial charge in [0.2, 0.25) is 0 Å². The monoisotopic (exact) mass is 1580 g/mol. The maximum absolute atomic E-state index is 13.3. The summed E-state index contributed by atoms with van der Waals surface area (Å²) >= 11 is 0. The molecule has 2 atom stereocenters. The van der Waals surface area contributed by atoms with Crippen LogP contribution in [0.4, 0.5) is 4.79 Å². The number of hydrogen-bond acceptors (Lipinski definition) is 28. The second-order valence-corrected chi connectivity index (χ2v) is 28.9. The second-order valence-electron chi connectivity index (χ2n) is 28.9. The maximum Gasteiger partial charge on any atom is 0.329 e. The molecule has 0 spiro atoms. The van der Waals surface area contributed by atoms with Gasteiger partial charge in [-0.05, 0) is 129 Å². The molecule has 3 amide bonds. The molecular formula is C77H133N9O25. The molecule has 3 rings (SSSR count). The summed E-state index contributed by atoms with van der Waals surface area (Å²) in [5.41, 5.74) is 1.85. The quantitative estimate of drug-likeness (QED) is 0.0341. The van der Waals surface area contributed by atoms with Gasteiger partial charge >= 0.3 is 23.9 Å². The number of carbonyl (C=O) groups excluding carboxylic acids is 5. The molecule has 0 aliphatic heterocycles. The summed E-state index contributed by atoms with van der Waals surface area (Å²) in [7, 11) is 0. The van der Waals surface area contributed by atoms with Gasteiger partial charge in [0.05, 0.1) is 229 Å².